The van der Waals surface area contributed by atoms with E-state index in [0.717, 1.165) is 26.1 Å². The summed E-state index contributed by atoms with van der Waals surface area (Å²) in [5, 5.41) is 0. The van der Waals surface area contributed by atoms with Crippen LogP contribution in [0, 0.1) is 5.92 Å². The van der Waals surface area contributed by atoms with Gasteiger partial charge in [-0.15, -0.1) is 0 Å². The van der Waals surface area contributed by atoms with Crippen LogP contribution in [-0.4, -0.2) is 30.4 Å². The zero-order valence-corrected chi connectivity index (χ0v) is 6.34. The molecule has 0 saturated carbocycles. The maximum atomic E-state index is 10.7. The number of likely N-dealkylation sites (tertiary alicyclic amines) is 1. The normalized spacial score (nSPS) is 27.1. The van der Waals surface area contributed by atoms with Gasteiger partial charge in [0.15, 0.2) is 0 Å². The number of nitrogens with two attached hydrogens (primary N) is 1. The van der Waals surface area contributed by atoms with Crippen LogP contribution >= 0.6 is 0 Å². The van der Waals surface area contributed by atoms with Gasteiger partial charge >= 0.3 is 0 Å². The molecule has 2 N–H and O–H groups in total. The van der Waals surface area contributed by atoms with Crippen molar-refractivity contribution in [1.82, 2.24) is 4.90 Å². The first-order chi connectivity index (χ1) is 4.74. The van der Waals surface area contributed by atoms with Crippen molar-refractivity contribution in [2.24, 2.45) is 11.7 Å². The summed E-state index contributed by atoms with van der Waals surface area (Å²) in [7, 11) is 0. The molecule has 1 heterocycles. The second-order valence-corrected chi connectivity index (χ2v) is 2.78. The summed E-state index contributed by atoms with van der Waals surface area (Å²) in [6, 6.07) is 0. The minimum Gasteiger partial charge on any atom is -0.369 e. The molecule has 0 aromatic heterocycles. The highest BCUT2D eigenvalue weighted by Gasteiger charge is 2.24. The fourth-order valence-corrected chi connectivity index (χ4v) is 1.35. The van der Waals surface area contributed by atoms with Crippen molar-refractivity contribution in [1.29, 1.82) is 0 Å². The molecule has 0 unspecified atom stereocenters. The number of primary amides is 1. The van der Waals surface area contributed by atoms with Gasteiger partial charge in [0.2, 0.25) is 5.91 Å². The summed E-state index contributed by atoms with van der Waals surface area (Å²) < 4.78 is 0. The van der Waals surface area contributed by atoms with E-state index < -0.39 is 0 Å². The third-order valence-electron chi connectivity index (χ3n) is 2.12. The van der Waals surface area contributed by atoms with Crippen LogP contribution in [0.25, 0.3) is 0 Å². The summed E-state index contributed by atoms with van der Waals surface area (Å²) >= 11 is 0. The number of nitrogens with zero attached hydrogens (tertiary/aromatic N) is 1. The van der Waals surface area contributed by atoms with Crippen molar-refractivity contribution < 1.29 is 4.79 Å². The van der Waals surface area contributed by atoms with E-state index in [2.05, 4.69) is 11.8 Å². The molecule has 1 saturated heterocycles. The average molecular weight is 142 g/mol. The van der Waals surface area contributed by atoms with Gasteiger partial charge in [0.1, 0.15) is 0 Å². The van der Waals surface area contributed by atoms with Gasteiger partial charge in [-0.25, -0.2) is 0 Å². The van der Waals surface area contributed by atoms with Crippen molar-refractivity contribution in [3.63, 3.8) is 0 Å². The van der Waals surface area contributed by atoms with E-state index in [1.54, 1.807) is 0 Å². The lowest BCUT2D eigenvalue weighted by atomic mass is 10.1. The molecule has 0 aliphatic carbocycles. The van der Waals surface area contributed by atoms with Crippen molar-refractivity contribution >= 4 is 5.91 Å². The highest BCUT2D eigenvalue weighted by Crippen LogP contribution is 2.14. The lowest BCUT2D eigenvalue weighted by Gasteiger charge is -2.10. The Hall–Kier alpha value is -0.570. The summed E-state index contributed by atoms with van der Waals surface area (Å²) in [4.78, 5) is 12.9. The second kappa shape index (κ2) is 3.01. The third-order valence-corrected chi connectivity index (χ3v) is 2.12. The van der Waals surface area contributed by atoms with Crippen LogP contribution in [0.1, 0.15) is 13.3 Å². The van der Waals surface area contributed by atoms with E-state index in [1.165, 1.54) is 0 Å². The Balaban J connectivity index is 2.35. The monoisotopic (exact) mass is 142 g/mol. The fraction of sp³-hybridized carbons (Fsp3) is 0.857. The van der Waals surface area contributed by atoms with E-state index in [1.807, 2.05) is 0 Å². The molecule has 0 aromatic rings. The topological polar surface area (TPSA) is 46.3 Å². The molecule has 10 heavy (non-hydrogen) atoms. The Morgan fingerprint density at radius 3 is 2.80 bits per heavy atom. The smallest absolute Gasteiger partial charge is 0.221 e. The van der Waals surface area contributed by atoms with Crippen LogP contribution in [-0.2, 0) is 4.79 Å². The first-order valence-corrected chi connectivity index (χ1v) is 3.75. The average Bonchev–Trinajstić information content (AvgIpc) is 2.34. The molecular formula is C7H14N2O. The number of carbonyl (C=O) groups excluding carboxylic acids is 1. The molecular weight excluding hydrogens is 128 g/mol. The van der Waals surface area contributed by atoms with Crippen LogP contribution in [0.15, 0.2) is 0 Å². The summed E-state index contributed by atoms with van der Waals surface area (Å²) in [6.07, 6.45) is 0.948. The molecule has 0 bridgehead atoms. The summed E-state index contributed by atoms with van der Waals surface area (Å²) in [5.74, 6) is -0.0316. The number of hydrogen-bond donors (Lipinski definition) is 1. The van der Waals surface area contributed by atoms with Crippen molar-refractivity contribution in [3.8, 4) is 0 Å². The largest absolute Gasteiger partial charge is 0.369 e. The van der Waals surface area contributed by atoms with E-state index in [0.29, 0.717) is 0 Å². The second-order valence-electron chi connectivity index (χ2n) is 2.78. The van der Waals surface area contributed by atoms with Gasteiger partial charge in [-0.2, -0.15) is 0 Å². The molecule has 58 valence electrons. The van der Waals surface area contributed by atoms with Gasteiger partial charge < -0.3 is 10.6 Å². The van der Waals surface area contributed by atoms with Gasteiger partial charge in [-0.1, -0.05) is 6.92 Å². The van der Waals surface area contributed by atoms with Crippen molar-refractivity contribution in [2.75, 3.05) is 19.6 Å². The van der Waals surface area contributed by atoms with Gasteiger partial charge in [-0.05, 0) is 19.5 Å². The van der Waals surface area contributed by atoms with E-state index in [4.69, 9.17) is 5.73 Å². The third kappa shape index (κ3) is 1.48. The predicted molar refractivity (Wildman–Crippen MR) is 39.4 cm³/mol. The Kier molecular flexibility index (Phi) is 2.27. The molecule has 3 nitrogen and oxygen atoms in total. The molecule has 1 rings (SSSR count). The number of carbonyl (C=O) groups is 1. The minimum absolute atomic E-state index is 0.111. The molecule has 1 atom stereocenters. The van der Waals surface area contributed by atoms with Gasteiger partial charge in [0.05, 0.1) is 5.92 Å². The Bertz CT molecular complexity index is 136. The number of rotatable bonds is 2. The van der Waals surface area contributed by atoms with Crippen molar-refractivity contribution in [2.45, 2.75) is 13.3 Å². The molecule has 1 aliphatic rings. The quantitative estimate of drug-likeness (QED) is 0.581. The lowest BCUT2D eigenvalue weighted by Crippen LogP contribution is -2.27. The molecule has 0 spiro atoms. The van der Waals surface area contributed by atoms with Crippen LogP contribution in [0.5, 0.6) is 0 Å². The predicted octanol–water partition coefficient (Wildman–Crippen LogP) is -0.187. The Morgan fingerprint density at radius 2 is 2.50 bits per heavy atom. The maximum absolute atomic E-state index is 10.7. The highest BCUT2D eigenvalue weighted by molar-refractivity contribution is 5.77. The van der Waals surface area contributed by atoms with Gasteiger partial charge in [-0.3, -0.25) is 4.79 Å². The molecule has 1 amide bonds. The first-order valence-electron chi connectivity index (χ1n) is 3.75. The summed E-state index contributed by atoms with van der Waals surface area (Å²) in [6.45, 7) is 5.03. The zero-order valence-electron chi connectivity index (χ0n) is 6.34. The molecule has 0 aromatic carbocycles. The lowest BCUT2D eigenvalue weighted by molar-refractivity contribution is -0.121. The Labute approximate surface area is 61.2 Å². The molecule has 3 heteroatoms. The SMILES string of the molecule is CCN1CC[C@H](C(N)=O)C1. The van der Waals surface area contributed by atoms with Gasteiger partial charge in [0.25, 0.3) is 0 Å². The van der Waals surface area contributed by atoms with Crippen LogP contribution in [0.3, 0.4) is 0 Å². The van der Waals surface area contributed by atoms with Crippen LogP contribution < -0.4 is 5.73 Å². The van der Waals surface area contributed by atoms with E-state index in [-0.39, 0.29) is 11.8 Å². The molecule has 1 aliphatic heterocycles. The number of amides is 1. The van der Waals surface area contributed by atoms with Crippen LogP contribution in [0.4, 0.5) is 0 Å². The molecule has 0 radical (unpaired) electrons. The highest BCUT2D eigenvalue weighted by atomic mass is 16.1. The minimum atomic E-state index is -0.143. The standard InChI is InChI=1S/C7H14N2O/c1-2-9-4-3-6(5-9)7(8)10/h6H,2-5H2,1H3,(H2,8,10)/t6-/m0/s1. The van der Waals surface area contributed by atoms with E-state index >= 15 is 0 Å². The first kappa shape index (κ1) is 7.54. The van der Waals surface area contributed by atoms with Gasteiger partial charge in [0, 0.05) is 6.54 Å². The Morgan fingerprint density at radius 1 is 1.80 bits per heavy atom. The molecule has 1 fully saturated rings. The van der Waals surface area contributed by atoms with Crippen molar-refractivity contribution in [3.05, 3.63) is 0 Å². The fourth-order valence-electron chi connectivity index (χ4n) is 1.35. The summed E-state index contributed by atoms with van der Waals surface area (Å²) in [5.41, 5.74) is 5.15. The zero-order chi connectivity index (χ0) is 7.56. The number of hydrogen-bond acceptors (Lipinski definition) is 2. The van der Waals surface area contributed by atoms with Crippen LogP contribution in [0.2, 0.25) is 0 Å². The maximum Gasteiger partial charge on any atom is 0.221 e. The van der Waals surface area contributed by atoms with E-state index in [9.17, 15) is 4.79 Å².